The number of rotatable bonds is 0. The molecule has 2 atom stereocenters. The van der Waals surface area contributed by atoms with E-state index in [1.54, 1.807) is 0 Å². The number of hydrogen-bond donors (Lipinski definition) is 0. The number of alkyl halides is 2. The molecule has 0 nitrogen and oxygen atoms in total. The average Bonchev–Trinajstić information content (AvgIpc) is 2.18. The monoisotopic (exact) mass is 232 g/mol. The third kappa shape index (κ3) is 5.07. The van der Waals surface area contributed by atoms with Crippen molar-refractivity contribution >= 4 is 23.2 Å². The van der Waals surface area contributed by atoms with E-state index in [-0.39, 0.29) is 10.8 Å². The van der Waals surface area contributed by atoms with Crippen LogP contribution in [-0.4, -0.2) is 10.8 Å². The molecule has 0 heterocycles. The molecule has 0 spiro atoms. The molecular formula is C12H18Cl2. The molecule has 1 aliphatic rings. The lowest BCUT2D eigenvalue weighted by Gasteiger charge is -2.14. The van der Waals surface area contributed by atoms with Crippen LogP contribution in [0.5, 0.6) is 0 Å². The van der Waals surface area contributed by atoms with E-state index in [1.165, 1.54) is 0 Å². The fourth-order valence-corrected chi connectivity index (χ4v) is 2.04. The van der Waals surface area contributed by atoms with Crippen molar-refractivity contribution in [2.45, 2.75) is 49.3 Å². The Morgan fingerprint density at radius 3 is 1.43 bits per heavy atom. The summed E-state index contributed by atoms with van der Waals surface area (Å²) in [7, 11) is 0. The summed E-state index contributed by atoms with van der Waals surface area (Å²) in [6.45, 7) is 0. The molecule has 0 bridgehead atoms. The zero-order chi connectivity index (χ0) is 10.2. The van der Waals surface area contributed by atoms with E-state index >= 15 is 0 Å². The van der Waals surface area contributed by atoms with Crippen LogP contribution in [0.25, 0.3) is 0 Å². The van der Waals surface area contributed by atoms with Crippen molar-refractivity contribution in [2.75, 3.05) is 0 Å². The molecule has 0 fully saturated rings. The summed E-state index contributed by atoms with van der Waals surface area (Å²) in [4.78, 5) is 0. The minimum Gasteiger partial charge on any atom is -0.121 e. The van der Waals surface area contributed by atoms with Gasteiger partial charge < -0.3 is 0 Å². The first kappa shape index (κ1) is 12.1. The lowest BCUT2D eigenvalue weighted by molar-refractivity contribution is 0.666. The fraction of sp³-hybridized carbons (Fsp3) is 0.667. The Hall–Kier alpha value is 0.0600. The Morgan fingerprint density at radius 1 is 0.643 bits per heavy atom. The number of allylic oxidation sites excluding steroid dienone is 4. The van der Waals surface area contributed by atoms with E-state index in [4.69, 9.17) is 23.2 Å². The van der Waals surface area contributed by atoms with Gasteiger partial charge in [0.25, 0.3) is 0 Å². The highest BCUT2D eigenvalue weighted by Gasteiger charge is 2.14. The Kier molecular flexibility index (Phi) is 6.38. The first-order valence-electron chi connectivity index (χ1n) is 5.39. The van der Waals surface area contributed by atoms with Crippen LogP contribution in [0.15, 0.2) is 24.3 Å². The van der Waals surface area contributed by atoms with Crippen molar-refractivity contribution in [2.24, 2.45) is 0 Å². The van der Waals surface area contributed by atoms with Crippen LogP contribution in [0, 0.1) is 0 Å². The molecule has 0 N–H and O–H groups in total. The minimum atomic E-state index is 0.120. The predicted octanol–water partition coefficient (Wildman–Crippen LogP) is 4.67. The smallest absolute Gasteiger partial charge is 0.0502 e. The van der Waals surface area contributed by atoms with Gasteiger partial charge in [0.05, 0.1) is 10.8 Å². The fourth-order valence-electron chi connectivity index (χ4n) is 1.54. The van der Waals surface area contributed by atoms with Gasteiger partial charge in [0, 0.05) is 0 Å². The second-order valence-electron chi connectivity index (χ2n) is 3.71. The Labute approximate surface area is 97.0 Å². The van der Waals surface area contributed by atoms with Gasteiger partial charge in [-0.2, -0.15) is 0 Å². The molecule has 80 valence electrons. The maximum atomic E-state index is 6.17. The van der Waals surface area contributed by atoms with Crippen LogP contribution in [-0.2, 0) is 0 Å². The molecule has 2 unspecified atom stereocenters. The topological polar surface area (TPSA) is 0 Å². The summed E-state index contributed by atoms with van der Waals surface area (Å²) in [5.74, 6) is 0. The van der Waals surface area contributed by atoms with E-state index < -0.39 is 0 Å². The molecule has 0 saturated carbocycles. The molecule has 0 saturated heterocycles. The highest BCUT2D eigenvalue weighted by Crippen LogP contribution is 2.21. The highest BCUT2D eigenvalue weighted by molar-refractivity contribution is 6.29. The number of halogens is 2. The molecule has 0 aliphatic heterocycles. The van der Waals surface area contributed by atoms with Crippen molar-refractivity contribution < 1.29 is 0 Å². The predicted molar refractivity (Wildman–Crippen MR) is 65.3 cm³/mol. The van der Waals surface area contributed by atoms with Gasteiger partial charge in [0.2, 0.25) is 0 Å². The highest BCUT2D eigenvalue weighted by atomic mass is 35.5. The molecule has 0 aromatic carbocycles. The summed E-state index contributed by atoms with van der Waals surface area (Å²) < 4.78 is 0. The van der Waals surface area contributed by atoms with Gasteiger partial charge in [-0.15, -0.1) is 23.2 Å². The van der Waals surface area contributed by atoms with Crippen LogP contribution >= 0.6 is 23.2 Å². The first-order valence-corrected chi connectivity index (χ1v) is 6.26. The van der Waals surface area contributed by atoms with E-state index in [9.17, 15) is 0 Å². The van der Waals surface area contributed by atoms with Crippen LogP contribution in [0.4, 0.5) is 0 Å². The third-order valence-electron chi connectivity index (χ3n) is 2.44. The lowest BCUT2D eigenvalue weighted by atomic mass is 10.1. The van der Waals surface area contributed by atoms with Crippen molar-refractivity contribution in [3.05, 3.63) is 24.3 Å². The molecule has 0 amide bonds. The van der Waals surface area contributed by atoms with Crippen molar-refractivity contribution in [1.29, 1.82) is 0 Å². The Bertz CT molecular complexity index is 174. The molecule has 14 heavy (non-hydrogen) atoms. The molecule has 1 rings (SSSR count). The molecule has 1 aliphatic carbocycles. The van der Waals surface area contributed by atoms with Gasteiger partial charge >= 0.3 is 0 Å². The van der Waals surface area contributed by atoms with Gasteiger partial charge in [-0.25, -0.2) is 0 Å². The summed E-state index contributed by atoms with van der Waals surface area (Å²) >= 11 is 12.3. The summed E-state index contributed by atoms with van der Waals surface area (Å²) in [6.07, 6.45) is 15.3. The van der Waals surface area contributed by atoms with E-state index in [0.29, 0.717) is 0 Å². The normalized spacial score (nSPS) is 35.3. The second-order valence-corrected chi connectivity index (χ2v) is 4.83. The van der Waals surface area contributed by atoms with Crippen LogP contribution in [0.2, 0.25) is 0 Å². The maximum Gasteiger partial charge on any atom is 0.0502 e. The van der Waals surface area contributed by atoms with Crippen molar-refractivity contribution in [1.82, 2.24) is 0 Å². The van der Waals surface area contributed by atoms with E-state index in [2.05, 4.69) is 24.3 Å². The largest absolute Gasteiger partial charge is 0.121 e. The lowest BCUT2D eigenvalue weighted by Crippen LogP contribution is -2.14. The minimum absolute atomic E-state index is 0.120. The average molecular weight is 233 g/mol. The van der Waals surface area contributed by atoms with Crippen LogP contribution in [0.1, 0.15) is 38.5 Å². The zero-order valence-corrected chi connectivity index (χ0v) is 9.97. The molecule has 0 aromatic rings. The molecular weight excluding hydrogens is 215 g/mol. The van der Waals surface area contributed by atoms with Gasteiger partial charge in [0.1, 0.15) is 0 Å². The SMILES string of the molecule is ClC1CC/C=C/CC/C=C/CCC1Cl. The quantitative estimate of drug-likeness (QED) is 0.421. The van der Waals surface area contributed by atoms with Gasteiger partial charge in [-0.3, -0.25) is 0 Å². The molecule has 2 heteroatoms. The van der Waals surface area contributed by atoms with E-state index in [1.807, 2.05) is 0 Å². The van der Waals surface area contributed by atoms with Gasteiger partial charge in [-0.1, -0.05) is 24.3 Å². The van der Waals surface area contributed by atoms with Crippen LogP contribution in [0.3, 0.4) is 0 Å². The standard InChI is InChI=1S/C12H18Cl2/c13-11-9-7-5-3-1-2-4-6-8-10-12(11)14/h3-6,11-12H,1-2,7-10H2/b5-3+,6-4+. The van der Waals surface area contributed by atoms with Crippen molar-refractivity contribution in [3.63, 3.8) is 0 Å². The molecule has 0 aromatic heterocycles. The summed E-state index contributed by atoms with van der Waals surface area (Å²) in [6, 6.07) is 0. The van der Waals surface area contributed by atoms with Crippen LogP contribution < -0.4 is 0 Å². The van der Waals surface area contributed by atoms with Crippen molar-refractivity contribution in [3.8, 4) is 0 Å². The number of hydrogen-bond acceptors (Lipinski definition) is 0. The zero-order valence-electron chi connectivity index (χ0n) is 8.46. The Balaban J connectivity index is 2.41. The second kappa shape index (κ2) is 7.36. The Morgan fingerprint density at radius 2 is 1.00 bits per heavy atom. The van der Waals surface area contributed by atoms with Gasteiger partial charge in [-0.05, 0) is 38.5 Å². The van der Waals surface area contributed by atoms with E-state index in [0.717, 1.165) is 38.5 Å². The third-order valence-corrected chi connectivity index (χ3v) is 3.62. The van der Waals surface area contributed by atoms with Gasteiger partial charge in [0.15, 0.2) is 0 Å². The summed E-state index contributed by atoms with van der Waals surface area (Å²) in [5.41, 5.74) is 0. The molecule has 0 radical (unpaired) electrons. The summed E-state index contributed by atoms with van der Waals surface area (Å²) in [5, 5.41) is 0.239. The first-order chi connectivity index (χ1) is 6.80. The maximum absolute atomic E-state index is 6.17.